The van der Waals surface area contributed by atoms with E-state index in [0.717, 1.165) is 17.9 Å². The monoisotopic (exact) mass is 576 g/mol. The van der Waals surface area contributed by atoms with Crippen molar-refractivity contribution >= 4 is 79.6 Å². The molecule has 2 aromatic carbocycles. The fourth-order valence-corrected chi connectivity index (χ4v) is 4.96. The lowest BCUT2D eigenvalue weighted by Gasteiger charge is -2.13. The second-order valence-corrected chi connectivity index (χ2v) is 7.93. The summed E-state index contributed by atoms with van der Waals surface area (Å²) in [7, 11) is 0. The number of hydrogen-bond donors (Lipinski definition) is 1. The fourth-order valence-electron chi connectivity index (χ4n) is 1.36. The number of phenols is 1. The first-order valence-electron chi connectivity index (χ1n) is 4.89. The topological polar surface area (TPSA) is 29.5 Å². The van der Waals surface area contributed by atoms with Crippen molar-refractivity contribution in [3.8, 4) is 17.2 Å². The van der Waals surface area contributed by atoms with Crippen LogP contribution in [0.15, 0.2) is 46.6 Å². The van der Waals surface area contributed by atoms with Crippen LogP contribution in [0.4, 0.5) is 0 Å². The van der Waals surface area contributed by atoms with Crippen LogP contribution in [0.1, 0.15) is 0 Å². The molecule has 0 saturated heterocycles. The lowest BCUT2D eigenvalue weighted by Crippen LogP contribution is -1.89. The molecule has 0 amide bonds. The van der Waals surface area contributed by atoms with E-state index in [4.69, 9.17) is 4.74 Å². The largest absolute Gasteiger partial charge is 0.503 e. The van der Waals surface area contributed by atoms with Crippen molar-refractivity contribution < 1.29 is 9.84 Å². The van der Waals surface area contributed by atoms with Crippen LogP contribution in [-0.4, -0.2) is 5.11 Å². The second-order valence-electron chi connectivity index (χ2n) is 3.53. The van der Waals surface area contributed by atoms with E-state index in [2.05, 4.69) is 79.6 Å². The van der Waals surface area contributed by atoms with Gasteiger partial charge in [-0.05, 0) is 72.1 Å². The predicted octanol–water partition coefficient (Wildman–Crippen LogP) is 7.00. The molecule has 0 bridgehead atoms. The van der Waals surface area contributed by atoms with Gasteiger partial charge in [-0.1, -0.05) is 31.9 Å². The molecule has 2 nitrogen and oxygen atoms in total. The first-order chi connectivity index (χ1) is 8.88. The Morgan fingerprint density at radius 1 is 0.737 bits per heavy atom. The Morgan fingerprint density at radius 2 is 1.21 bits per heavy atom. The van der Waals surface area contributed by atoms with E-state index in [1.54, 1.807) is 12.1 Å². The summed E-state index contributed by atoms with van der Waals surface area (Å²) in [6, 6.07) is 7.17. The van der Waals surface area contributed by atoms with Crippen LogP contribution in [0.2, 0.25) is 0 Å². The maximum atomic E-state index is 9.99. The highest BCUT2D eigenvalue weighted by molar-refractivity contribution is 9.12. The number of halogens is 5. The standard InChI is InChI=1S/C12H5Br5O2/c13-5-2-8(16)12(9(17)3-5)19-10-4-6(14)1-7(15)11(10)18/h1-4,18H. The fraction of sp³-hybridized carbons (Fsp3) is 0. The highest BCUT2D eigenvalue weighted by Gasteiger charge is 2.14. The zero-order valence-electron chi connectivity index (χ0n) is 9.05. The van der Waals surface area contributed by atoms with Gasteiger partial charge in [-0.15, -0.1) is 0 Å². The number of rotatable bonds is 2. The normalized spacial score (nSPS) is 10.6. The van der Waals surface area contributed by atoms with E-state index in [1.165, 1.54) is 0 Å². The Hall–Kier alpha value is 0.440. The molecule has 2 rings (SSSR count). The van der Waals surface area contributed by atoms with Crippen LogP contribution in [0.5, 0.6) is 17.2 Å². The molecule has 0 aliphatic rings. The predicted molar refractivity (Wildman–Crippen MR) is 93.1 cm³/mol. The molecule has 0 aromatic heterocycles. The van der Waals surface area contributed by atoms with Crippen molar-refractivity contribution in [1.29, 1.82) is 0 Å². The molecule has 0 unspecified atom stereocenters. The molecule has 0 aliphatic carbocycles. The molecule has 7 heteroatoms. The summed E-state index contributed by atoms with van der Waals surface area (Å²) >= 11 is 16.9. The Labute approximate surface area is 152 Å². The van der Waals surface area contributed by atoms with Crippen molar-refractivity contribution in [1.82, 2.24) is 0 Å². The van der Waals surface area contributed by atoms with Crippen LogP contribution in [0, 0.1) is 0 Å². The number of phenolic OH excluding ortho intramolecular Hbond substituents is 1. The number of ether oxygens (including phenoxy) is 1. The van der Waals surface area contributed by atoms with E-state index in [1.807, 2.05) is 12.1 Å². The van der Waals surface area contributed by atoms with Crippen LogP contribution in [0.25, 0.3) is 0 Å². The van der Waals surface area contributed by atoms with Crippen molar-refractivity contribution in [2.24, 2.45) is 0 Å². The van der Waals surface area contributed by atoms with Crippen molar-refractivity contribution in [2.45, 2.75) is 0 Å². The average molecular weight is 581 g/mol. The van der Waals surface area contributed by atoms with Gasteiger partial charge in [-0.3, -0.25) is 0 Å². The minimum atomic E-state index is 0.0462. The maximum Gasteiger partial charge on any atom is 0.172 e. The molecule has 2 aromatic rings. The average Bonchev–Trinajstić information content (AvgIpc) is 2.29. The minimum absolute atomic E-state index is 0.0462. The molecule has 100 valence electrons. The van der Waals surface area contributed by atoms with Gasteiger partial charge in [0.25, 0.3) is 0 Å². The highest BCUT2D eigenvalue weighted by Crippen LogP contribution is 2.44. The molecule has 0 spiro atoms. The quantitative estimate of drug-likeness (QED) is 0.415. The molecule has 19 heavy (non-hydrogen) atoms. The number of benzene rings is 2. The summed E-state index contributed by atoms with van der Waals surface area (Å²) in [6.45, 7) is 0. The zero-order valence-corrected chi connectivity index (χ0v) is 17.0. The van der Waals surface area contributed by atoms with Gasteiger partial charge in [-0.25, -0.2) is 0 Å². The van der Waals surface area contributed by atoms with Gasteiger partial charge >= 0.3 is 0 Å². The summed E-state index contributed by atoms with van der Waals surface area (Å²) in [5.74, 6) is 0.985. The van der Waals surface area contributed by atoms with E-state index in [9.17, 15) is 5.11 Å². The van der Waals surface area contributed by atoms with Crippen molar-refractivity contribution in [3.05, 3.63) is 46.6 Å². The molecular formula is C12H5Br5O2. The lowest BCUT2D eigenvalue weighted by atomic mass is 10.3. The molecule has 0 saturated carbocycles. The van der Waals surface area contributed by atoms with E-state index in [-0.39, 0.29) is 5.75 Å². The third kappa shape index (κ3) is 3.75. The summed E-state index contributed by atoms with van der Waals surface area (Å²) in [6.07, 6.45) is 0. The summed E-state index contributed by atoms with van der Waals surface area (Å²) in [5, 5.41) is 9.99. The van der Waals surface area contributed by atoms with Crippen molar-refractivity contribution in [2.75, 3.05) is 0 Å². The smallest absolute Gasteiger partial charge is 0.172 e. The molecular weight excluding hydrogens is 576 g/mol. The van der Waals surface area contributed by atoms with Crippen LogP contribution in [0.3, 0.4) is 0 Å². The SMILES string of the molecule is Oc1c(Br)cc(Br)cc1Oc1c(Br)cc(Br)cc1Br. The summed E-state index contributed by atoms with van der Waals surface area (Å²) in [4.78, 5) is 0. The molecule has 1 N–H and O–H groups in total. The van der Waals surface area contributed by atoms with Crippen LogP contribution in [-0.2, 0) is 0 Å². The third-order valence-corrected chi connectivity index (χ3v) is 4.87. The van der Waals surface area contributed by atoms with Gasteiger partial charge in [0.2, 0.25) is 0 Å². The van der Waals surface area contributed by atoms with Gasteiger partial charge in [0, 0.05) is 8.95 Å². The lowest BCUT2D eigenvalue weighted by molar-refractivity contribution is 0.406. The molecule has 0 aliphatic heterocycles. The summed E-state index contributed by atoms with van der Waals surface area (Å²) < 4.78 is 9.57. The first-order valence-corrected chi connectivity index (χ1v) is 8.85. The van der Waals surface area contributed by atoms with Gasteiger partial charge < -0.3 is 9.84 Å². The van der Waals surface area contributed by atoms with Gasteiger partial charge in [0.1, 0.15) is 0 Å². The Bertz CT molecular complexity index is 619. The Morgan fingerprint density at radius 3 is 1.79 bits per heavy atom. The first kappa shape index (κ1) is 15.8. The molecule has 0 fully saturated rings. The van der Waals surface area contributed by atoms with Crippen molar-refractivity contribution in [3.63, 3.8) is 0 Å². The van der Waals surface area contributed by atoms with Gasteiger partial charge in [-0.2, -0.15) is 0 Å². The van der Waals surface area contributed by atoms with Gasteiger partial charge in [0.05, 0.1) is 13.4 Å². The second kappa shape index (κ2) is 6.47. The molecule has 0 radical (unpaired) electrons. The highest BCUT2D eigenvalue weighted by atomic mass is 79.9. The Balaban J connectivity index is 2.48. The summed E-state index contributed by atoms with van der Waals surface area (Å²) in [5.41, 5.74) is 0. The maximum absolute atomic E-state index is 9.99. The molecule has 0 heterocycles. The number of hydrogen-bond acceptors (Lipinski definition) is 2. The van der Waals surface area contributed by atoms with E-state index >= 15 is 0 Å². The zero-order chi connectivity index (χ0) is 14.2. The van der Waals surface area contributed by atoms with Crippen LogP contribution < -0.4 is 4.74 Å². The van der Waals surface area contributed by atoms with E-state index < -0.39 is 0 Å². The van der Waals surface area contributed by atoms with Crippen LogP contribution >= 0.6 is 79.6 Å². The molecule has 0 atom stereocenters. The van der Waals surface area contributed by atoms with Gasteiger partial charge in [0.15, 0.2) is 17.2 Å². The van der Waals surface area contributed by atoms with E-state index in [0.29, 0.717) is 16.0 Å². The number of aromatic hydroxyl groups is 1. The Kier molecular flexibility index (Phi) is 5.39. The minimum Gasteiger partial charge on any atom is -0.503 e. The third-order valence-electron chi connectivity index (χ3n) is 2.17.